The Bertz CT molecular complexity index is 879. The van der Waals surface area contributed by atoms with Gasteiger partial charge < -0.3 is 14.6 Å². The molecule has 6 nitrogen and oxygen atoms in total. The maximum Gasteiger partial charge on any atom is 0.379 e. The molecule has 1 unspecified atom stereocenters. The van der Waals surface area contributed by atoms with Gasteiger partial charge in [0.2, 0.25) is 0 Å². The van der Waals surface area contributed by atoms with Crippen molar-refractivity contribution >= 4 is 49.6 Å². The van der Waals surface area contributed by atoms with Crippen LogP contribution in [0, 0.1) is 13.8 Å². The van der Waals surface area contributed by atoms with E-state index in [2.05, 4.69) is 41.3 Å². The van der Waals surface area contributed by atoms with E-state index in [4.69, 9.17) is 0 Å². The van der Waals surface area contributed by atoms with E-state index in [1.165, 1.54) is 14.2 Å². The predicted molar refractivity (Wildman–Crippen MR) is 111 cm³/mol. The van der Waals surface area contributed by atoms with Crippen LogP contribution in [0.1, 0.15) is 33.2 Å². The van der Waals surface area contributed by atoms with Gasteiger partial charge in [0.05, 0.1) is 14.2 Å². The van der Waals surface area contributed by atoms with E-state index < -0.39 is 23.8 Å². The van der Waals surface area contributed by atoms with Crippen molar-refractivity contribution in [2.24, 2.45) is 0 Å². The maximum absolute atomic E-state index is 11.5. The molecular formula is C20H20Br2O6. The molecule has 150 valence electrons. The van der Waals surface area contributed by atoms with Crippen molar-refractivity contribution in [3.05, 3.63) is 67.6 Å². The molecule has 0 bridgehead atoms. The highest BCUT2D eigenvalue weighted by molar-refractivity contribution is 9.10. The van der Waals surface area contributed by atoms with Crippen molar-refractivity contribution in [3.8, 4) is 0 Å². The Labute approximate surface area is 180 Å². The van der Waals surface area contributed by atoms with E-state index in [1.807, 2.05) is 25.1 Å². The quantitative estimate of drug-likeness (QED) is 0.375. The number of methoxy groups -OCH3 is 2. The fraction of sp³-hybridized carbons (Fsp3) is 0.250. The Morgan fingerprint density at radius 1 is 0.893 bits per heavy atom. The van der Waals surface area contributed by atoms with Gasteiger partial charge in [-0.1, -0.05) is 44.0 Å². The van der Waals surface area contributed by atoms with E-state index in [9.17, 15) is 19.5 Å². The van der Waals surface area contributed by atoms with Gasteiger partial charge in [-0.05, 0) is 54.8 Å². The summed E-state index contributed by atoms with van der Waals surface area (Å²) < 4.78 is 10.4. The van der Waals surface area contributed by atoms with Gasteiger partial charge in [0.15, 0.2) is 6.10 Å². The number of hydrogen-bond donors (Lipinski definition) is 1. The lowest BCUT2D eigenvalue weighted by molar-refractivity contribution is -0.150. The Morgan fingerprint density at radius 2 is 1.43 bits per heavy atom. The van der Waals surface area contributed by atoms with Crippen LogP contribution < -0.4 is 0 Å². The first-order chi connectivity index (χ1) is 13.1. The molecule has 2 rings (SSSR count). The van der Waals surface area contributed by atoms with E-state index in [0.29, 0.717) is 11.1 Å². The number of ether oxygens (including phenoxy) is 2. The zero-order valence-electron chi connectivity index (χ0n) is 15.8. The average molecular weight is 516 g/mol. The summed E-state index contributed by atoms with van der Waals surface area (Å²) in [5.41, 5.74) is 2.53. The van der Waals surface area contributed by atoms with Crippen LogP contribution >= 0.6 is 31.9 Å². The van der Waals surface area contributed by atoms with Crippen molar-refractivity contribution in [2.45, 2.75) is 20.0 Å². The van der Waals surface area contributed by atoms with Gasteiger partial charge in [-0.2, -0.15) is 0 Å². The highest BCUT2D eigenvalue weighted by atomic mass is 79.9. The van der Waals surface area contributed by atoms with Crippen LogP contribution in [-0.2, 0) is 19.1 Å². The van der Waals surface area contributed by atoms with E-state index >= 15 is 0 Å². The molecule has 2 aromatic carbocycles. The number of aryl methyl sites for hydroxylation is 2. The van der Waals surface area contributed by atoms with Crippen LogP contribution in [0.15, 0.2) is 45.3 Å². The van der Waals surface area contributed by atoms with Gasteiger partial charge in [0.25, 0.3) is 5.78 Å². The Morgan fingerprint density at radius 3 is 1.96 bits per heavy atom. The van der Waals surface area contributed by atoms with Crippen molar-refractivity contribution in [3.63, 3.8) is 0 Å². The maximum atomic E-state index is 11.5. The molecule has 0 aromatic heterocycles. The number of carbonyl (C=O) groups excluding carboxylic acids is 3. The number of halogens is 2. The molecule has 1 atom stereocenters. The lowest BCUT2D eigenvalue weighted by Crippen LogP contribution is -2.16. The summed E-state index contributed by atoms with van der Waals surface area (Å²) in [5.74, 6) is -2.11. The minimum atomic E-state index is -1.21. The van der Waals surface area contributed by atoms with Gasteiger partial charge in [0.1, 0.15) is 0 Å². The monoisotopic (exact) mass is 514 g/mol. The molecule has 0 saturated heterocycles. The van der Waals surface area contributed by atoms with Gasteiger partial charge in [-0.25, -0.2) is 9.59 Å². The first kappa shape index (κ1) is 24.0. The van der Waals surface area contributed by atoms with Crippen LogP contribution in [-0.4, -0.2) is 37.0 Å². The third-order valence-corrected chi connectivity index (χ3v) is 4.76. The second-order valence-electron chi connectivity index (χ2n) is 5.71. The topological polar surface area (TPSA) is 89.9 Å². The largest absolute Gasteiger partial charge is 0.467 e. The molecule has 0 aliphatic heterocycles. The third kappa shape index (κ3) is 6.54. The summed E-state index contributed by atoms with van der Waals surface area (Å²) in [7, 11) is 2.44. The molecule has 0 saturated carbocycles. The third-order valence-electron chi connectivity index (χ3n) is 3.78. The molecule has 0 aliphatic rings. The first-order valence-electron chi connectivity index (χ1n) is 8.03. The average Bonchev–Trinajstić information content (AvgIpc) is 2.69. The lowest BCUT2D eigenvalue weighted by atomic mass is 10.0. The van der Waals surface area contributed by atoms with Crippen LogP contribution in [0.4, 0.5) is 0 Å². The number of benzene rings is 2. The number of carbonyl (C=O) groups is 3. The smallest absolute Gasteiger partial charge is 0.379 e. The standard InChI is InChI=1S/C10H11BrO3.C10H9BrO3/c2*1-6-3-4-7(11)5-8(6)9(12)10(13)14-2/h3-5,9,12H,1-2H3;3-5H,1-2H3. The Kier molecular flexibility index (Phi) is 9.51. The summed E-state index contributed by atoms with van der Waals surface area (Å²) in [6, 6.07) is 10.6. The summed E-state index contributed by atoms with van der Waals surface area (Å²) in [4.78, 5) is 33.5. The molecule has 28 heavy (non-hydrogen) atoms. The molecule has 1 N–H and O–H groups in total. The fourth-order valence-electron chi connectivity index (χ4n) is 2.19. The van der Waals surface area contributed by atoms with Gasteiger partial charge in [-0.15, -0.1) is 0 Å². The summed E-state index contributed by atoms with van der Waals surface area (Å²) in [5, 5.41) is 9.60. The van der Waals surface area contributed by atoms with Crippen LogP contribution in [0.5, 0.6) is 0 Å². The molecule has 0 amide bonds. The molecule has 0 spiro atoms. The Balaban J connectivity index is 0.000000280. The minimum Gasteiger partial charge on any atom is -0.467 e. The molecule has 2 aromatic rings. The predicted octanol–water partition coefficient (Wildman–Crippen LogP) is 4.08. The lowest BCUT2D eigenvalue weighted by Gasteiger charge is -2.11. The van der Waals surface area contributed by atoms with Gasteiger partial charge in [0, 0.05) is 14.5 Å². The van der Waals surface area contributed by atoms with E-state index in [-0.39, 0.29) is 0 Å². The molecule has 8 heteroatoms. The van der Waals surface area contributed by atoms with Crippen LogP contribution in [0.2, 0.25) is 0 Å². The second kappa shape index (κ2) is 11.1. The van der Waals surface area contributed by atoms with Crippen molar-refractivity contribution in [1.29, 1.82) is 0 Å². The second-order valence-corrected chi connectivity index (χ2v) is 7.54. The van der Waals surface area contributed by atoms with Gasteiger partial charge >= 0.3 is 11.9 Å². The van der Waals surface area contributed by atoms with Crippen LogP contribution in [0.3, 0.4) is 0 Å². The fourth-order valence-corrected chi connectivity index (χ4v) is 2.93. The molecular weight excluding hydrogens is 496 g/mol. The zero-order valence-corrected chi connectivity index (χ0v) is 19.0. The molecule has 0 heterocycles. The molecule has 0 aliphatic carbocycles. The highest BCUT2D eigenvalue weighted by Gasteiger charge is 2.20. The summed E-state index contributed by atoms with van der Waals surface area (Å²) in [6.07, 6.45) is -1.21. The van der Waals surface area contributed by atoms with Crippen LogP contribution in [0.25, 0.3) is 0 Å². The number of aliphatic hydroxyl groups is 1. The number of esters is 2. The number of Topliss-reactive ketones (excluding diaryl/α,β-unsaturated/α-hetero) is 1. The highest BCUT2D eigenvalue weighted by Crippen LogP contribution is 2.23. The minimum absolute atomic E-state index is 0.367. The normalized spacial score (nSPS) is 11.0. The summed E-state index contributed by atoms with van der Waals surface area (Å²) >= 11 is 6.50. The SMILES string of the molecule is COC(=O)C(=O)c1cc(Br)ccc1C.COC(=O)C(O)c1cc(Br)ccc1C. The number of ketones is 1. The van der Waals surface area contributed by atoms with Gasteiger partial charge in [-0.3, -0.25) is 4.79 Å². The first-order valence-corrected chi connectivity index (χ1v) is 9.61. The molecule has 0 radical (unpaired) electrons. The zero-order chi connectivity index (χ0) is 21.4. The van der Waals surface area contributed by atoms with E-state index in [0.717, 1.165) is 20.1 Å². The number of aliphatic hydroxyl groups excluding tert-OH is 1. The van der Waals surface area contributed by atoms with Crippen molar-refractivity contribution in [1.82, 2.24) is 0 Å². The van der Waals surface area contributed by atoms with Crippen molar-refractivity contribution < 1.29 is 29.0 Å². The van der Waals surface area contributed by atoms with E-state index in [1.54, 1.807) is 25.1 Å². The van der Waals surface area contributed by atoms with Crippen molar-refractivity contribution in [2.75, 3.05) is 14.2 Å². The number of rotatable bonds is 4. The number of hydrogen-bond acceptors (Lipinski definition) is 6. The Hall–Kier alpha value is -2.03. The summed E-state index contributed by atoms with van der Waals surface area (Å²) in [6.45, 7) is 3.59. The molecule has 0 fully saturated rings.